The summed E-state index contributed by atoms with van der Waals surface area (Å²) in [6.45, 7) is 5.65. The van der Waals surface area contributed by atoms with Crippen molar-refractivity contribution in [3.63, 3.8) is 0 Å². The lowest BCUT2D eigenvalue weighted by Crippen LogP contribution is -2.49. The van der Waals surface area contributed by atoms with E-state index in [1.807, 2.05) is 58.2 Å². The van der Waals surface area contributed by atoms with Gasteiger partial charge in [0.1, 0.15) is 6.04 Å². The molecule has 30 heavy (non-hydrogen) atoms. The van der Waals surface area contributed by atoms with Gasteiger partial charge in [0.2, 0.25) is 5.91 Å². The van der Waals surface area contributed by atoms with Gasteiger partial charge in [0.15, 0.2) is 5.78 Å². The third kappa shape index (κ3) is 3.01. The average Bonchev–Trinajstić information content (AvgIpc) is 3.39. The molecule has 5 rings (SSSR count). The van der Waals surface area contributed by atoms with Gasteiger partial charge in [0.05, 0.1) is 12.2 Å². The molecule has 0 bridgehead atoms. The Kier molecular flexibility index (Phi) is 4.79. The Morgan fingerprint density at radius 1 is 1.17 bits per heavy atom. The summed E-state index contributed by atoms with van der Waals surface area (Å²) in [6, 6.07) is 9.64. The first kappa shape index (κ1) is 19.5. The van der Waals surface area contributed by atoms with Crippen LogP contribution in [0.2, 0.25) is 0 Å². The van der Waals surface area contributed by atoms with Gasteiger partial charge in [-0.05, 0) is 49.8 Å². The van der Waals surface area contributed by atoms with Crippen LogP contribution in [0.5, 0.6) is 0 Å². The number of amides is 1. The minimum Gasteiger partial charge on any atom is -0.370 e. The molecule has 1 amide bonds. The molecule has 1 saturated heterocycles. The Hall–Kier alpha value is -2.44. The highest BCUT2D eigenvalue weighted by atomic mass is 32.1. The van der Waals surface area contributed by atoms with Gasteiger partial charge >= 0.3 is 0 Å². The number of ether oxygens (including phenoxy) is 1. The van der Waals surface area contributed by atoms with Gasteiger partial charge in [0, 0.05) is 47.1 Å². The lowest BCUT2D eigenvalue weighted by atomic mass is 9.82. The van der Waals surface area contributed by atoms with E-state index in [1.54, 1.807) is 6.92 Å². The van der Waals surface area contributed by atoms with Crippen molar-refractivity contribution in [2.24, 2.45) is 0 Å². The standard InChI is InChI=1S/C24H26N2O3S/c1-16(26-15-19(17(2)27)18-5-3-4-6-21(18)26)23(28)25-11-9-24(10-12-25)20-8-14-30-22(20)7-13-29-24/h3-6,8,14-16H,7,9-13H2,1-2H3. The number of carbonyl (C=O) groups is 2. The fourth-order valence-electron chi connectivity index (χ4n) is 5.05. The maximum atomic E-state index is 13.4. The molecule has 1 spiro atoms. The lowest BCUT2D eigenvalue weighted by molar-refractivity contribution is -0.143. The summed E-state index contributed by atoms with van der Waals surface area (Å²) in [6.07, 6.45) is 4.50. The summed E-state index contributed by atoms with van der Waals surface area (Å²) in [7, 11) is 0. The van der Waals surface area contributed by atoms with E-state index >= 15 is 0 Å². The molecule has 1 fully saturated rings. The Labute approximate surface area is 180 Å². The summed E-state index contributed by atoms with van der Waals surface area (Å²) in [5.41, 5.74) is 2.70. The number of Topliss-reactive ketones (excluding diaryl/α,β-unsaturated/α-hetero) is 1. The molecule has 1 aromatic carbocycles. The van der Waals surface area contributed by atoms with E-state index in [-0.39, 0.29) is 23.3 Å². The first-order chi connectivity index (χ1) is 14.5. The molecule has 3 aromatic rings. The van der Waals surface area contributed by atoms with Crippen LogP contribution >= 0.6 is 11.3 Å². The third-order valence-corrected chi connectivity index (χ3v) is 7.70. The van der Waals surface area contributed by atoms with Gasteiger partial charge in [-0.1, -0.05) is 18.2 Å². The van der Waals surface area contributed by atoms with Gasteiger partial charge in [-0.25, -0.2) is 0 Å². The molecule has 4 heterocycles. The number of thiophene rings is 1. The highest BCUT2D eigenvalue weighted by Gasteiger charge is 2.42. The van der Waals surface area contributed by atoms with E-state index in [4.69, 9.17) is 4.74 Å². The molecular weight excluding hydrogens is 396 g/mol. The number of carbonyl (C=O) groups excluding carboxylic acids is 2. The van der Waals surface area contributed by atoms with Crippen LogP contribution in [0.25, 0.3) is 10.9 Å². The second-order valence-corrected chi connectivity index (χ2v) is 9.38. The summed E-state index contributed by atoms with van der Waals surface area (Å²) in [5.74, 6) is 0.118. The highest BCUT2D eigenvalue weighted by Crippen LogP contribution is 2.43. The second-order valence-electron chi connectivity index (χ2n) is 8.37. The van der Waals surface area contributed by atoms with E-state index in [2.05, 4.69) is 11.4 Å². The van der Waals surface area contributed by atoms with Gasteiger partial charge in [-0.15, -0.1) is 11.3 Å². The van der Waals surface area contributed by atoms with Gasteiger partial charge in [0.25, 0.3) is 0 Å². The van der Waals surface area contributed by atoms with E-state index in [9.17, 15) is 9.59 Å². The highest BCUT2D eigenvalue weighted by molar-refractivity contribution is 7.10. The van der Waals surface area contributed by atoms with Crippen molar-refractivity contribution in [1.82, 2.24) is 9.47 Å². The number of likely N-dealkylation sites (tertiary alicyclic amines) is 1. The van der Waals surface area contributed by atoms with Crippen LogP contribution < -0.4 is 0 Å². The Balaban J connectivity index is 1.37. The van der Waals surface area contributed by atoms with Crippen molar-refractivity contribution in [3.05, 3.63) is 57.9 Å². The molecule has 0 N–H and O–H groups in total. The number of aromatic nitrogens is 1. The SMILES string of the molecule is CC(=O)c1cn(C(C)C(=O)N2CCC3(CC2)OCCc2sccc23)c2ccccc12. The molecule has 1 unspecified atom stereocenters. The zero-order valence-corrected chi connectivity index (χ0v) is 18.2. The van der Waals surface area contributed by atoms with Crippen LogP contribution in [0.1, 0.15) is 53.5 Å². The van der Waals surface area contributed by atoms with Crippen molar-refractivity contribution in [3.8, 4) is 0 Å². The van der Waals surface area contributed by atoms with Gasteiger partial charge < -0.3 is 14.2 Å². The topological polar surface area (TPSA) is 51.5 Å². The van der Waals surface area contributed by atoms with Crippen LogP contribution in [0.15, 0.2) is 41.9 Å². The Morgan fingerprint density at radius 3 is 2.70 bits per heavy atom. The zero-order valence-electron chi connectivity index (χ0n) is 17.4. The number of fused-ring (bicyclic) bond motifs is 3. The third-order valence-electron chi connectivity index (χ3n) is 6.72. The minimum atomic E-state index is -0.360. The number of hydrogen-bond acceptors (Lipinski definition) is 4. The smallest absolute Gasteiger partial charge is 0.245 e. The van der Waals surface area contributed by atoms with Crippen molar-refractivity contribution >= 4 is 33.9 Å². The number of rotatable bonds is 3. The van der Waals surface area contributed by atoms with E-state index < -0.39 is 0 Å². The largest absolute Gasteiger partial charge is 0.370 e. The predicted molar refractivity (Wildman–Crippen MR) is 118 cm³/mol. The summed E-state index contributed by atoms with van der Waals surface area (Å²) >= 11 is 1.82. The Bertz CT molecular complexity index is 1120. The van der Waals surface area contributed by atoms with Crippen LogP contribution in [0, 0.1) is 0 Å². The van der Waals surface area contributed by atoms with E-state index in [1.165, 1.54) is 10.4 Å². The quantitative estimate of drug-likeness (QED) is 0.582. The molecule has 2 aliphatic rings. The molecule has 1 atom stereocenters. The maximum Gasteiger partial charge on any atom is 0.245 e. The number of para-hydroxylation sites is 1. The summed E-state index contributed by atoms with van der Waals surface area (Å²) in [5, 5.41) is 3.06. The molecule has 156 valence electrons. The molecular formula is C24H26N2O3S. The van der Waals surface area contributed by atoms with Crippen molar-refractivity contribution in [1.29, 1.82) is 0 Å². The number of hydrogen-bond donors (Lipinski definition) is 0. The van der Waals surface area contributed by atoms with Gasteiger partial charge in [-0.3, -0.25) is 9.59 Å². The molecule has 6 heteroatoms. The van der Waals surface area contributed by atoms with Crippen LogP contribution in [0.4, 0.5) is 0 Å². The van der Waals surface area contributed by atoms with Crippen molar-refractivity contribution in [2.75, 3.05) is 19.7 Å². The minimum absolute atomic E-state index is 0.0190. The van der Waals surface area contributed by atoms with Crippen LogP contribution in [0.3, 0.4) is 0 Å². The van der Waals surface area contributed by atoms with E-state index in [0.717, 1.165) is 36.8 Å². The summed E-state index contributed by atoms with van der Waals surface area (Å²) < 4.78 is 8.23. The fraction of sp³-hybridized carbons (Fsp3) is 0.417. The number of piperidine rings is 1. The first-order valence-corrected chi connectivity index (χ1v) is 11.5. The Morgan fingerprint density at radius 2 is 1.93 bits per heavy atom. The van der Waals surface area contributed by atoms with Gasteiger partial charge in [-0.2, -0.15) is 0 Å². The number of nitrogens with zero attached hydrogens (tertiary/aromatic N) is 2. The summed E-state index contributed by atoms with van der Waals surface area (Å²) in [4.78, 5) is 28.9. The number of ketones is 1. The lowest BCUT2D eigenvalue weighted by Gasteiger charge is -2.44. The molecule has 2 aliphatic heterocycles. The molecule has 2 aromatic heterocycles. The van der Waals surface area contributed by atoms with Crippen molar-refractivity contribution < 1.29 is 14.3 Å². The average molecular weight is 423 g/mol. The monoisotopic (exact) mass is 422 g/mol. The molecule has 5 nitrogen and oxygen atoms in total. The second kappa shape index (κ2) is 7.36. The van der Waals surface area contributed by atoms with Crippen LogP contribution in [-0.4, -0.2) is 40.9 Å². The van der Waals surface area contributed by atoms with E-state index in [0.29, 0.717) is 18.7 Å². The van der Waals surface area contributed by atoms with Crippen molar-refractivity contribution in [2.45, 2.75) is 44.8 Å². The molecule has 0 radical (unpaired) electrons. The molecule has 0 aliphatic carbocycles. The zero-order chi connectivity index (χ0) is 20.9. The van der Waals surface area contributed by atoms with Crippen LogP contribution in [-0.2, 0) is 21.6 Å². The first-order valence-electron chi connectivity index (χ1n) is 10.6. The molecule has 0 saturated carbocycles. The number of benzene rings is 1. The maximum absolute atomic E-state index is 13.4. The normalized spacial score (nSPS) is 19.1. The fourth-order valence-corrected chi connectivity index (χ4v) is 6.00. The predicted octanol–water partition coefficient (Wildman–Crippen LogP) is 4.56.